The molecule has 4 amide bonds. The van der Waals surface area contributed by atoms with Gasteiger partial charge in [-0.1, -0.05) is 85.1 Å². The fraction of sp³-hybridized carbons (Fsp3) is 0.692. The highest BCUT2D eigenvalue weighted by atomic mass is 16.2. The Morgan fingerprint density at radius 1 is 0.920 bits per heavy atom. The van der Waals surface area contributed by atoms with E-state index in [1.54, 1.807) is 17.9 Å². The topological polar surface area (TPSA) is 149 Å². The fourth-order valence-electron chi connectivity index (χ4n) is 7.98. The summed E-state index contributed by atoms with van der Waals surface area (Å²) in [4.78, 5) is 74.1. The molecule has 1 heterocycles. The fourth-order valence-corrected chi connectivity index (χ4v) is 7.98. The molecule has 1 aliphatic heterocycles. The van der Waals surface area contributed by atoms with Crippen molar-refractivity contribution in [2.24, 2.45) is 28.2 Å². The van der Waals surface area contributed by atoms with Crippen LogP contribution in [0.3, 0.4) is 0 Å². The maximum atomic E-state index is 14.7. The molecule has 11 nitrogen and oxygen atoms in total. The maximum Gasteiger partial charge on any atom is 0.289 e. The molecule has 4 N–H and O–H groups in total. The Hall–Kier alpha value is -3.76. The molecule has 4 rings (SSSR count). The second kappa shape index (κ2) is 17.4. The van der Waals surface area contributed by atoms with Gasteiger partial charge in [0.25, 0.3) is 11.8 Å². The Bertz CT molecular complexity index is 1350. The Balaban J connectivity index is 1.57. The highest BCUT2D eigenvalue weighted by Crippen LogP contribution is 2.43. The van der Waals surface area contributed by atoms with Crippen LogP contribution in [-0.4, -0.2) is 77.3 Å². The van der Waals surface area contributed by atoms with Crippen molar-refractivity contribution in [2.75, 3.05) is 6.54 Å². The van der Waals surface area contributed by atoms with Gasteiger partial charge in [0.1, 0.15) is 17.8 Å². The number of hydrogen-bond donors (Lipinski definition) is 4. The van der Waals surface area contributed by atoms with Gasteiger partial charge in [-0.25, -0.2) is 0 Å². The number of carbonyl (C=O) groups is 5. The maximum absolute atomic E-state index is 14.7. The molecule has 0 bridgehead atoms. The van der Waals surface area contributed by atoms with Gasteiger partial charge in [-0.15, -0.1) is 0 Å². The van der Waals surface area contributed by atoms with E-state index in [2.05, 4.69) is 39.4 Å². The van der Waals surface area contributed by atoms with Crippen LogP contribution in [0.5, 0.6) is 0 Å². The van der Waals surface area contributed by atoms with E-state index in [1.165, 1.54) is 12.3 Å². The molecule has 276 valence electrons. The number of likely N-dealkylation sites (tertiary alicyclic amines) is 1. The molecule has 6 atom stereocenters. The van der Waals surface area contributed by atoms with E-state index in [1.807, 2.05) is 27.7 Å². The largest absolute Gasteiger partial charge is 0.375 e. The van der Waals surface area contributed by atoms with Crippen molar-refractivity contribution in [3.63, 3.8) is 0 Å². The lowest BCUT2D eigenvalue weighted by molar-refractivity contribution is -0.144. The van der Waals surface area contributed by atoms with Crippen LogP contribution in [0, 0.1) is 23.2 Å². The van der Waals surface area contributed by atoms with E-state index >= 15 is 0 Å². The number of Topliss-reactive ketones (excluding diaryl/α,β-unsaturated/α-hetero) is 1. The molecular weight excluding hydrogens is 632 g/mol. The third-order valence-electron chi connectivity index (χ3n) is 10.8. The van der Waals surface area contributed by atoms with E-state index < -0.39 is 41.3 Å². The summed E-state index contributed by atoms with van der Waals surface area (Å²) in [7, 11) is 0. The normalized spacial score (nSPS) is 24.5. The quantitative estimate of drug-likeness (QED) is 0.106. The van der Waals surface area contributed by atoms with Crippen molar-refractivity contribution in [3.05, 3.63) is 36.7 Å². The first-order chi connectivity index (χ1) is 23.8. The van der Waals surface area contributed by atoms with Gasteiger partial charge in [-0.2, -0.15) is 0 Å². The van der Waals surface area contributed by atoms with Gasteiger partial charge in [0.05, 0.1) is 12.1 Å². The minimum absolute atomic E-state index is 0.0231. The SMILES string of the molecule is C=CC=N/C(=C\C)C(=O)N[C@H](C(=C)NC(C(=O)N1C[C@@H]2CCC[C@@H]2[C@H]1C(=O)N[C@H](CCC)C(=O)C(=O)NC1CC1)C(C)(C)C)C1CCCCC1. The molecule has 4 aliphatic rings. The first-order valence-electron chi connectivity index (χ1n) is 18.8. The van der Waals surface area contributed by atoms with Gasteiger partial charge >= 0.3 is 0 Å². The van der Waals surface area contributed by atoms with Gasteiger partial charge in [0.2, 0.25) is 17.6 Å². The van der Waals surface area contributed by atoms with Crippen molar-refractivity contribution >= 4 is 35.6 Å². The van der Waals surface area contributed by atoms with Crippen LogP contribution in [-0.2, 0) is 24.0 Å². The summed E-state index contributed by atoms with van der Waals surface area (Å²) >= 11 is 0. The minimum Gasteiger partial charge on any atom is -0.375 e. The first kappa shape index (κ1) is 39.0. The highest BCUT2D eigenvalue weighted by Gasteiger charge is 2.52. The van der Waals surface area contributed by atoms with Crippen molar-refractivity contribution in [2.45, 2.75) is 142 Å². The highest BCUT2D eigenvalue weighted by molar-refractivity contribution is 6.38. The number of amides is 4. The Kier molecular flexibility index (Phi) is 13.6. The standard InChI is InChI=1S/C39H60N6O5/c1-8-15-30(33(46)37(49)42-27-20-21-27)43-36(48)32-28-19-14-18-26(28)23-45(32)38(50)34(39(5,6)7)41-24(4)31(25-16-12-11-13-17-25)44-35(47)29(10-3)40-22-9-2/h9-10,22,25-28,30-32,34,41H,2,4,8,11-21,23H2,1,3,5-7H3,(H,42,49)(H,43,48)(H,44,47)/b29-10-,40-22?/t26-,28-,30+,31+,32-,34?/m0/s1. The number of fused-ring (bicyclic) bond motifs is 1. The number of ketones is 1. The molecule has 50 heavy (non-hydrogen) atoms. The molecule has 4 fully saturated rings. The summed E-state index contributed by atoms with van der Waals surface area (Å²) in [5.41, 5.74) is 0.242. The number of hydrogen-bond acceptors (Lipinski definition) is 7. The third kappa shape index (κ3) is 9.72. The van der Waals surface area contributed by atoms with Crippen LogP contribution >= 0.6 is 0 Å². The predicted molar refractivity (Wildman–Crippen MR) is 196 cm³/mol. The van der Waals surface area contributed by atoms with Crippen molar-refractivity contribution < 1.29 is 24.0 Å². The summed E-state index contributed by atoms with van der Waals surface area (Å²) in [6, 6.07) is -2.84. The Morgan fingerprint density at radius 2 is 1.62 bits per heavy atom. The lowest BCUT2D eigenvalue weighted by atomic mass is 9.81. The summed E-state index contributed by atoms with van der Waals surface area (Å²) in [6.45, 7) is 18.1. The van der Waals surface area contributed by atoms with Crippen LogP contribution in [0.1, 0.15) is 112 Å². The molecule has 3 saturated carbocycles. The molecule has 3 aliphatic carbocycles. The average Bonchev–Trinajstić information content (AvgIpc) is 3.65. The minimum atomic E-state index is -0.947. The number of aliphatic imine (C=N–C) groups is 1. The smallest absolute Gasteiger partial charge is 0.289 e. The molecule has 11 heteroatoms. The average molecular weight is 693 g/mol. The Labute approximate surface area is 298 Å². The first-order valence-corrected chi connectivity index (χ1v) is 18.8. The summed E-state index contributed by atoms with van der Waals surface area (Å²) in [6.07, 6.45) is 15.1. The lowest BCUT2D eigenvalue weighted by Gasteiger charge is -2.40. The van der Waals surface area contributed by atoms with Crippen LogP contribution in [0.2, 0.25) is 0 Å². The molecule has 0 aromatic rings. The van der Waals surface area contributed by atoms with Gasteiger partial charge < -0.3 is 26.2 Å². The van der Waals surface area contributed by atoms with Crippen LogP contribution in [0.15, 0.2) is 41.7 Å². The molecule has 0 spiro atoms. The van der Waals surface area contributed by atoms with Gasteiger partial charge in [0, 0.05) is 24.5 Å². The molecule has 0 aromatic heterocycles. The summed E-state index contributed by atoms with van der Waals surface area (Å²) in [5, 5.41) is 12.3. The van der Waals surface area contributed by atoms with E-state index in [0.29, 0.717) is 25.1 Å². The van der Waals surface area contributed by atoms with Crippen molar-refractivity contribution in [1.82, 2.24) is 26.2 Å². The molecule has 1 saturated heterocycles. The lowest BCUT2D eigenvalue weighted by Crippen LogP contribution is -2.60. The van der Waals surface area contributed by atoms with E-state index in [4.69, 9.17) is 0 Å². The van der Waals surface area contributed by atoms with E-state index in [-0.39, 0.29) is 47.2 Å². The second-order valence-electron chi connectivity index (χ2n) is 15.8. The number of nitrogens with zero attached hydrogens (tertiary/aromatic N) is 2. The zero-order chi connectivity index (χ0) is 36.6. The number of allylic oxidation sites excluding steroid dienone is 2. The van der Waals surface area contributed by atoms with Crippen LogP contribution in [0.4, 0.5) is 0 Å². The zero-order valence-corrected chi connectivity index (χ0v) is 30.9. The zero-order valence-electron chi connectivity index (χ0n) is 30.9. The third-order valence-corrected chi connectivity index (χ3v) is 10.8. The van der Waals surface area contributed by atoms with Gasteiger partial charge in [-0.05, 0) is 75.0 Å². The van der Waals surface area contributed by atoms with Crippen molar-refractivity contribution in [1.29, 1.82) is 0 Å². The summed E-state index contributed by atoms with van der Waals surface area (Å²) in [5.74, 6) is -1.91. The van der Waals surface area contributed by atoms with Crippen LogP contribution in [0.25, 0.3) is 0 Å². The second-order valence-corrected chi connectivity index (χ2v) is 15.8. The summed E-state index contributed by atoms with van der Waals surface area (Å²) < 4.78 is 0. The van der Waals surface area contributed by atoms with Crippen molar-refractivity contribution in [3.8, 4) is 0 Å². The molecule has 0 radical (unpaired) electrons. The monoisotopic (exact) mass is 692 g/mol. The number of rotatable bonds is 16. The van der Waals surface area contributed by atoms with E-state index in [0.717, 1.165) is 64.2 Å². The molecule has 0 aromatic carbocycles. The predicted octanol–water partition coefficient (Wildman–Crippen LogP) is 4.49. The number of nitrogens with one attached hydrogen (secondary N) is 4. The van der Waals surface area contributed by atoms with Gasteiger partial charge in [-0.3, -0.25) is 29.0 Å². The van der Waals surface area contributed by atoms with E-state index in [9.17, 15) is 24.0 Å². The Morgan fingerprint density at radius 3 is 2.22 bits per heavy atom. The molecular formula is C39H60N6O5. The van der Waals surface area contributed by atoms with Crippen LogP contribution < -0.4 is 21.3 Å². The molecule has 1 unspecified atom stereocenters. The number of carbonyl (C=O) groups excluding carboxylic acids is 5. The van der Waals surface area contributed by atoms with Gasteiger partial charge in [0.15, 0.2) is 0 Å².